The molecule has 2 nitrogen and oxygen atoms in total. The normalized spacial score (nSPS) is 9.09. The number of hydrogen-bond donors (Lipinski definition) is 0. The van der Waals surface area contributed by atoms with Gasteiger partial charge in [0, 0.05) is 18.8 Å². The number of rotatable bonds is 13. The van der Waals surface area contributed by atoms with E-state index in [1.165, 1.54) is 57.8 Å². The van der Waals surface area contributed by atoms with Gasteiger partial charge in [0.15, 0.2) is 0 Å². The van der Waals surface area contributed by atoms with E-state index in [9.17, 15) is 9.90 Å². The van der Waals surface area contributed by atoms with Crippen LogP contribution in [0.1, 0.15) is 96.8 Å². The van der Waals surface area contributed by atoms with E-state index < -0.39 is 5.97 Å². The second-order valence-corrected chi connectivity index (χ2v) is 5.76. The second kappa shape index (κ2) is 21.6. The third-order valence-electron chi connectivity index (χ3n) is 3.58. The van der Waals surface area contributed by atoms with E-state index in [4.69, 9.17) is 0 Å². The molecule has 0 fully saturated rings. The summed E-state index contributed by atoms with van der Waals surface area (Å²) < 4.78 is 0. The van der Waals surface area contributed by atoms with Gasteiger partial charge in [-0.15, -0.1) is 0 Å². The Bertz CT molecular complexity index is 382. The van der Waals surface area contributed by atoms with Crippen LogP contribution >= 0.6 is 0 Å². The molecule has 0 rings (SSSR count). The standard InChI is InChI=1S/C20H32O2.Na/c1-2-3-4-5-6-7-8-9-10-11-12-13-14-15-16-17-18-19-20(21)22;/h2-12,17-19H2,1H3,(H,21,22);/q;+1/p-1. The molecular weight excluding hydrogens is 295 g/mol. The Labute approximate surface area is 165 Å². The van der Waals surface area contributed by atoms with Crippen molar-refractivity contribution in [2.45, 2.75) is 96.8 Å². The monoisotopic (exact) mass is 326 g/mol. The molecule has 0 heterocycles. The number of unbranched alkanes of at least 4 members (excludes halogenated alkanes) is 11. The zero-order valence-corrected chi connectivity index (χ0v) is 17.2. The largest absolute Gasteiger partial charge is 1.00 e. The Morgan fingerprint density at radius 3 is 1.65 bits per heavy atom. The van der Waals surface area contributed by atoms with Crippen LogP contribution in [0.15, 0.2) is 0 Å². The van der Waals surface area contributed by atoms with Crippen LogP contribution in [0.3, 0.4) is 0 Å². The van der Waals surface area contributed by atoms with Crippen molar-refractivity contribution in [1.82, 2.24) is 0 Å². The molecular formula is C20H31NaO2. The van der Waals surface area contributed by atoms with Crippen molar-refractivity contribution >= 4 is 5.97 Å². The third kappa shape index (κ3) is 24.0. The van der Waals surface area contributed by atoms with Gasteiger partial charge < -0.3 is 9.90 Å². The summed E-state index contributed by atoms with van der Waals surface area (Å²) in [4.78, 5) is 10.2. The zero-order chi connectivity index (χ0) is 16.3. The molecule has 0 bridgehead atoms. The molecule has 0 aromatic heterocycles. The molecule has 0 saturated carbocycles. The smallest absolute Gasteiger partial charge is 0.550 e. The fourth-order valence-corrected chi connectivity index (χ4v) is 2.24. The zero-order valence-electron chi connectivity index (χ0n) is 15.2. The van der Waals surface area contributed by atoms with Crippen LogP contribution < -0.4 is 34.7 Å². The molecule has 0 aromatic carbocycles. The molecule has 124 valence electrons. The Hall–Kier alpha value is -0.410. The van der Waals surface area contributed by atoms with Gasteiger partial charge in [-0.3, -0.25) is 0 Å². The van der Waals surface area contributed by atoms with Gasteiger partial charge in [0.1, 0.15) is 0 Å². The van der Waals surface area contributed by atoms with Gasteiger partial charge in [-0.1, -0.05) is 76.6 Å². The van der Waals surface area contributed by atoms with Gasteiger partial charge in [0.25, 0.3) is 0 Å². The summed E-state index contributed by atoms with van der Waals surface area (Å²) in [6.07, 6.45) is 15.5. The van der Waals surface area contributed by atoms with E-state index in [0.29, 0.717) is 12.8 Å². The summed E-state index contributed by atoms with van der Waals surface area (Å²) in [6, 6.07) is 0. The predicted octanol–water partition coefficient (Wildman–Crippen LogP) is 1.23. The Kier molecular flexibility index (Phi) is 23.3. The molecule has 0 spiro atoms. The van der Waals surface area contributed by atoms with Gasteiger partial charge in [-0.05, 0) is 31.1 Å². The number of carbonyl (C=O) groups is 1. The summed E-state index contributed by atoms with van der Waals surface area (Å²) in [5, 5.41) is 10.2. The first-order valence-electron chi connectivity index (χ1n) is 8.93. The summed E-state index contributed by atoms with van der Waals surface area (Å²) >= 11 is 0. The number of carboxylic acids is 1. The second-order valence-electron chi connectivity index (χ2n) is 5.76. The van der Waals surface area contributed by atoms with Crippen molar-refractivity contribution in [3.05, 3.63) is 0 Å². The number of aliphatic carboxylic acids is 1. The maximum absolute atomic E-state index is 10.2. The summed E-state index contributed by atoms with van der Waals surface area (Å²) in [6.45, 7) is 2.26. The molecule has 23 heavy (non-hydrogen) atoms. The minimum absolute atomic E-state index is 0. The van der Waals surface area contributed by atoms with Crippen molar-refractivity contribution in [3.63, 3.8) is 0 Å². The minimum atomic E-state index is -1.01. The molecule has 3 heteroatoms. The van der Waals surface area contributed by atoms with Crippen molar-refractivity contribution in [2.75, 3.05) is 0 Å². The quantitative estimate of drug-likeness (QED) is 0.290. The van der Waals surface area contributed by atoms with Crippen LogP contribution in [-0.2, 0) is 4.79 Å². The Balaban J connectivity index is 0. The Morgan fingerprint density at radius 1 is 0.739 bits per heavy atom. The summed E-state index contributed by atoms with van der Waals surface area (Å²) in [7, 11) is 0. The fourth-order valence-electron chi connectivity index (χ4n) is 2.24. The number of hydrogen-bond acceptors (Lipinski definition) is 2. The molecule has 0 N–H and O–H groups in total. The van der Waals surface area contributed by atoms with E-state index >= 15 is 0 Å². The molecule has 0 radical (unpaired) electrons. The van der Waals surface area contributed by atoms with Crippen LogP contribution in [0.5, 0.6) is 0 Å². The number of carboxylic acid groups (broad SMARTS) is 1. The minimum Gasteiger partial charge on any atom is -0.550 e. The average molecular weight is 326 g/mol. The van der Waals surface area contributed by atoms with Crippen molar-refractivity contribution in [1.29, 1.82) is 0 Å². The maximum atomic E-state index is 10.2. The summed E-state index contributed by atoms with van der Waals surface area (Å²) in [5.41, 5.74) is 0. The van der Waals surface area contributed by atoms with Gasteiger partial charge >= 0.3 is 29.6 Å². The van der Waals surface area contributed by atoms with Crippen molar-refractivity contribution in [2.24, 2.45) is 0 Å². The molecule has 0 aliphatic heterocycles. The first-order valence-corrected chi connectivity index (χ1v) is 8.93. The van der Waals surface area contributed by atoms with Crippen LogP contribution in [-0.4, -0.2) is 5.97 Å². The number of carbonyl (C=O) groups excluding carboxylic acids is 1. The molecule has 0 saturated heterocycles. The van der Waals surface area contributed by atoms with E-state index in [2.05, 4.69) is 30.6 Å². The molecule has 0 aliphatic carbocycles. The molecule has 0 aromatic rings. The molecule has 0 atom stereocenters. The fraction of sp³-hybridized carbons (Fsp3) is 0.750. The average Bonchev–Trinajstić information content (AvgIpc) is 2.50. The van der Waals surface area contributed by atoms with E-state index in [1.54, 1.807) is 0 Å². The van der Waals surface area contributed by atoms with Gasteiger partial charge in [0.05, 0.1) is 0 Å². The summed E-state index contributed by atoms with van der Waals surface area (Å²) in [5.74, 6) is 10.5. The molecule has 0 aliphatic rings. The third-order valence-corrected chi connectivity index (χ3v) is 3.58. The van der Waals surface area contributed by atoms with Gasteiger partial charge in [-0.2, -0.15) is 0 Å². The molecule has 0 amide bonds. The van der Waals surface area contributed by atoms with Crippen LogP contribution in [0.4, 0.5) is 0 Å². The maximum Gasteiger partial charge on any atom is 1.00 e. The van der Waals surface area contributed by atoms with Crippen LogP contribution in [0.2, 0.25) is 0 Å². The van der Waals surface area contributed by atoms with E-state index in [-0.39, 0.29) is 36.0 Å². The predicted molar refractivity (Wildman–Crippen MR) is 90.9 cm³/mol. The topological polar surface area (TPSA) is 40.1 Å². The SMILES string of the molecule is CCCCCCCCCCCCC#CC#CCCCC(=O)[O-].[Na+]. The first kappa shape index (κ1) is 24.8. The van der Waals surface area contributed by atoms with Gasteiger partial charge in [0.2, 0.25) is 0 Å². The van der Waals surface area contributed by atoms with Crippen molar-refractivity contribution in [3.8, 4) is 23.7 Å². The van der Waals surface area contributed by atoms with E-state index in [0.717, 1.165) is 12.8 Å². The van der Waals surface area contributed by atoms with Crippen molar-refractivity contribution < 1.29 is 39.5 Å². The van der Waals surface area contributed by atoms with Crippen LogP contribution in [0.25, 0.3) is 0 Å². The van der Waals surface area contributed by atoms with Crippen LogP contribution in [0, 0.1) is 23.7 Å². The van der Waals surface area contributed by atoms with Gasteiger partial charge in [-0.25, -0.2) is 0 Å². The first-order chi connectivity index (χ1) is 10.8. The molecule has 0 unspecified atom stereocenters. The van der Waals surface area contributed by atoms with E-state index in [1.807, 2.05) is 0 Å². The Morgan fingerprint density at radius 2 is 1.17 bits per heavy atom.